The van der Waals surface area contributed by atoms with Gasteiger partial charge in [-0.1, -0.05) is 29.5 Å². The lowest BCUT2D eigenvalue weighted by molar-refractivity contribution is -0.137. The molecule has 0 radical (unpaired) electrons. The van der Waals surface area contributed by atoms with Crippen molar-refractivity contribution >= 4 is 23.2 Å². The first-order valence-electron chi connectivity index (χ1n) is 12.8. The summed E-state index contributed by atoms with van der Waals surface area (Å²) in [6.07, 6.45) is 1.86. The van der Waals surface area contributed by atoms with E-state index in [2.05, 4.69) is 51.4 Å². The number of hydrogen-bond acceptors (Lipinski definition) is 6. The van der Waals surface area contributed by atoms with Crippen molar-refractivity contribution in [2.45, 2.75) is 39.3 Å². The molecule has 0 saturated carbocycles. The molecule has 0 spiro atoms. The third-order valence-electron chi connectivity index (χ3n) is 7.42. The monoisotopic (exact) mass is 511 g/mol. The Morgan fingerprint density at radius 1 is 1.18 bits per heavy atom. The van der Waals surface area contributed by atoms with Gasteiger partial charge in [-0.3, -0.25) is 14.7 Å². The topological polar surface area (TPSA) is 92.8 Å². The van der Waals surface area contributed by atoms with Gasteiger partial charge in [-0.05, 0) is 71.5 Å². The maximum Gasteiger partial charge on any atom is 0.304 e. The minimum absolute atomic E-state index is 0.00178. The summed E-state index contributed by atoms with van der Waals surface area (Å²) in [5, 5.41) is 18.3. The van der Waals surface area contributed by atoms with Gasteiger partial charge in [0.1, 0.15) is 17.9 Å². The standard InChI is InChI=1S/C30H33N5O3/c1-19-5-7-22(26(15-29(36)37)25-8-9-27-30(20(25)2)32-33-34(27)4)14-23(19)17-35-11-12-38-28-10-6-21(16-31-3)13-24(28)18-35/h5-10,13-14,16,26H,11-12,15,17-18H2,1-4H3,(H,36,37)/b31-16-. The van der Waals surface area contributed by atoms with Crippen LogP contribution in [0, 0.1) is 13.8 Å². The lowest BCUT2D eigenvalue weighted by atomic mass is 9.84. The highest BCUT2D eigenvalue weighted by molar-refractivity contribution is 5.81. The number of ether oxygens (including phenoxy) is 1. The van der Waals surface area contributed by atoms with E-state index in [1.807, 2.05) is 44.5 Å². The number of aliphatic imine (C=N–C) groups is 1. The molecule has 0 amide bonds. The Bertz CT molecular complexity index is 1520. The van der Waals surface area contributed by atoms with Gasteiger partial charge in [-0.15, -0.1) is 5.10 Å². The molecule has 0 bridgehead atoms. The molecule has 1 atom stereocenters. The van der Waals surface area contributed by atoms with E-state index >= 15 is 0 Å². The van der Waals surface area contributed by atoms with Gasteiger partial charge in [0, 0.05) is 51.4 Å². The largest absolute Gasteiger partial charge is 0.492 e. The normalized spacial score (nSPS) is 14.8. The number of aromatic nitrogens is 3. The minimum atomic E-state index is -0.830. The van der Waals surface area contributed by atoms with Crippen molar-refractivity contribution in [3.63, 3.8) is 0 Å². The second kappa shape index (κ2) is 10.8. The number of carboxylic acid groups (broad SMARTS) is 1. The number of aliphatic carboxylic acids is 1. The zero-order chi connectivity index (χ0) is 26.8. The molecular weight excluding hydrogens is 478 g/mol. The summed E-state index contributed by atoms with van der Waals surface area (Å²) in [4.78, 5) is 18.5. The quantitative estimate of drug-likeness (QED) is 0.364. The fourth-order valence-corrected chi connectivity index (χ4v) is 5.36. The third kappa shape index (κ3) is 5.17. The van der Waals surface area contributed by atoms with E-state index in [1.54, 1.807) is 11.7 Å². The van der Waals surface area contributed by atoms with Gasteiger partial charge < -0.3 is 9.84 Å². The Morgan fingerprint density at radius 2 is 2.03 bits per heavy atom. The lowest BCUT2D eigenvalue weighted by Gasteiger charge is -2.23. The number of aryl methyl sites for hydroxylation is 3. The highest BCUT2D eigenvalue weighted by Gasteiger charge is 2.23. The smallest absolute Gasteiger partial charge is 0.304 e. The summed E-state index contributed by atoms with van der Waals surface area (Å²) in [6.45, 7) is 7.05. The molecule has 4 aromatic rings. The van der Waals surface area contributed by atoms with E-state index in [4.69, 9.17) is 4.74 Å². The molecule has 1 N–H and O–H groups in total. The predicted molar refractivity (Wildman–Crippen MR) is 148 cm³/mol. The van der Waals surface area contributed by atoms with Crippen LogP contribution in [0.4, 0.5) is 0 Å². The average Bonchev–Trinajstić information content (AvgIpc) is 3.15. The van der Waals surface area contributed by atoms with E-state index in [0.717, 1.165) is 64.2 Å². The number of carbonyl (C=O) groups is 1. The molecule has 1 unspecified atom stereocenters. The molecular formula is C30H33N5O3. The van der Waals surface area contributed by atoms with Gasteiger partial charge >= 0.3 is 5.97 Å². The summed E-state index contributed by atoms with van der Waals surface area (Å²) in [7, 11) is 3.63. The Morgan fingerprint density at radius 3 is 2.82 bits per heavy atom. The summed E-state index contributed by atoms with van der Waals surface area (Å²) in [6, 6.07) is 16.5. The minimum Gasteiger partial charge on any atom is -0.492 e. The highest BCUT2D eigenvalue weighted by atomic mass is 16.5. The molecule has 1 aliphatic heterocycles. The number of carboxylic acids is 1. The molecule has 5 rings (SSSR count). The van der Waals surface area contributed by atoms with Crippen LogP contribution in [0.25, 0.3) is 11.0 Å². The molecule has 0 aliphatic carbocycles. The fraction of sp³-hybridized carbons (Fsp3) is 0.333. The van der Waals surface area contributed by atoms with Crippen molar-refractivity contribution in [1.29, 1.82) is 0 Å². The van der Waals surface area contributed by atoms with Gasteiger partial charge in [-0.25, -0.2) is 4.68 Å². The van der Waals surface area contributed by atoms with Gasteiger partial charge in [0.05, 0.1) is 11.9 Å². The average molecular weight is 512 g/mol. The first kappa shape index (κ1) is 25.6. The molecule has 8 heteroatoms. The Hall–Kier alpha value is -4.04. The van der Waals surface area contributed by atoms with Gasteiger partial charge in [0.25, 0.3) is 0 Å². The molecule has 8 nitrogen and oxygen atoms in total. The summed E-state index contributed by atoms with van der Waals surface area (Å²) in [5.41, 5.74) is 9.24. The van der Waals surface area contributed by atoms with Crippen LogP contribution in [0.2, 0.25) is 0 Å². The highest BCUT2D eigenvalue weighted by Crippen LogP contribution is 2.34. The van der Waals surface area contributed by atoms with E-state index < -0.39 is 5.97 Å². The number of hydrogen-bond donors (Lipinski definition) is 1. The van der Waals surface area contributed by atoms with Crippen molar-refractivity contribution in [2.75, 3.05) is 20.2 Å². The van der Waals surface area contributed by atoms with Crippen LogP contribution in [0.15, 0.2) is 53.5 Å². The van der Waals surface area contributed by atoms with E-state index in [0.29, 0.717) is 6.61 Å². The molecule has 1 aromatic heterocycles. The lowest BCUT2D eigenvalue weighted by Crippen LogP contribution is -2.25. The van der Waals surface area contributed by atoms with Gasteiger partial charge in [0.15, 0.2) is 0 Å². The second-order valence-corrected chi connectivity index (χ2v) is 10.0. The van der Waals surface area contributed by atoms with E-state index in [1.165, 1.54) is 11.1 Å². The van der Waals surface area contributed by atoms with E-state index in [-0.39, 0.29) is 12.3 Å². The maximum absolute atomic E-state index is 12.0. The molecule has 3 aromatic carbocycles. The van der Waals surface area contributed by atoms with Crippen molar-refractivity contribution in [1.82, 2.24) is 19.9 Å². The number of benzene rings is 3. The Labute approximate surface area is 222 Å². The number of nitrogens with zero attached hydrogens (tertiary/aromatic N) is 5. The Balaban J connectivity index is 1.47. The summed E-state index contributed by atoms with van der Waals surface area (Å²) >= 11 is 0. The van der Waals surface area contributed by atoms with Crippen LogP contribution >= 0.6 is 0 Å². The number of rotatable bonds is 7. The van der Waals surface area contributed by atoms with Crippen LogP contribution in [-0.2, 0) is 24.9 Å². The van der Waals surface area contributed by atoms with Crippen LogP contribution < -0.4 is 4.74 Å². The van der Waals surface area contributed by atoms with Crippen LogP contribution in [0.1, 0.15) is 51.3 Å². The molecule has 38 heavy (non-hydrogen) atoms. The van der Waals surface area contributed by atoms with Crippen LogP contribution in [0.5, 0.6) is 5.75 Å². The summed E-state index contributed by atoms with van der Waals surface area (Å²) in [5.74, 6) is -0.201. The van der Waals surface area contributed by atoms with Gasteiger partial charge in [-0.2, -0.15) is 0 Å². The first-order valence-corrected chi connectivity index (χ1v) is 12.8. The molecule has 196 valence electrons. The predicted octanol–water partition coefficient (Wildman–Crippen LogP) is 4.64. The zero-order valence-corrected chi connectivity index (χ0v) is 22.3. The van der Waals surface area contributed by atoms with Crippen molar-refractivity contribution in [2.24, 2.45) is 12.0 Å². The van der Waals surface area contributed by atoms with Crippen LogP contribution in [-0.4, -0.2) is 57.4 Å². The Kier molecular flexibility index (Phi) is 7.24. The summed E-state index contributed by atoms with van der Waals surface area (Å²) < 4.78 is 7.77. The first-order chi connectivity index (χ1) is 18.3. The van der Waals surface area contributed by atoms with Gasteiger partial charge in [0.2, 0.25) is 0 Å². The maximum atomic E-state index is 12.0. The van der Waals surface area contributed by atoms with Crippen molar-refractivity contribution in [3.05, 3.63) is 87.5 Å². The zero-order valence-electron chi connectivity index (χ0n) is 22.3. The van der Waals surface area contributed by atoms with Crippen molar-refractivity contribution < 1.29 is 14.6 Å². The van der Waals surface area contributed by atoms with E-state index in [9.17, 15) is 9.90 Å². The molecule has 1 aliphatic rings. The molecule has 2 heterocycles. The second-order valence-electron chi connectivity index (χ2n) is 10.0. The van der Waals surface area contributed by atoms with Crippen LogP contribution in [0.3, 0.4) is 0 Å². The third-order valence-corrected chi connectivity index (χ3v) is 7.42. The van der Waals surface area contributed by atoms with Crippen molar-refractivity contribution in [3.8, 4) is 5.75 Å². The fourth-order valence-electron chi connectivity index (χ4n) is 5.36. The molecule has 0 saturated heterocycles. The molecule has 0 fully saturated rings. The number of fused-ring (bicyclic) bond motifs is 2. The SMILES string of the molecule is C/N=C\c1ccc2c(c1)CN(Cc1cc(C(CC(=O)O)c3ccc4c(nnn4C)c3C)ccc1C)CCO2.